The summed E-state index contributed by atoms with van der Waals surface area (Å²) < 4.78 is 33.7. The molecule has 2 aromatic carbocycles. The van der Waals surface area contributed by atoms with Crippen LogP contribution in [0.5, 0.6) is 0 Å². The van der Waals surface area contributed by atoms with E-state index in [9.17, 15) is 18.0 Å². The van der Waals surface area contributed by atoms with Gasteiger partial charge in [-0.25, -0.2) is 17.8 Å². The molecule has 9 nitrogen and oxygen atoms in total. The molecule has 0 saturated heterocycles. The lowest BCUT2D eigenvalue weighted by atomic mass is 10.1. The number of nitrogens with one attached hydrogen (secondary N) is 2. The van der Waals surface area contributed by atoms with Crippen LogP contribution in [0, 0.1) is 0 Å². The summed E-state index contributed by atoms with van der Waals surface area (Å²) in [6, 6.07) is 12.2. The molecule has 0 aliphatic carbocycles. The van der Waals surface area contributed by atoms with Crippen LogP contribution in [0.4, 0.5) is 5.69 Å². The summed E-state index contributed by atoms with van der Waals surface area (Å²) in [5, 5.41) is 7.87. The Bertz CT molecular complexity index is 1270. The zero-order valence-electron chi connectivity index (χ0n) is 18.2. The van der Waals surface area contributed by atoms with Gasteiger partial charge in [0, 0.05) is 30.8 Å². The second kappa shape index (κ2) is 10.0. The van der Waals surface area contributed by atoms with Crippen LogP contribution in [0.3, 0.4) is 0 Å². The van der Waals surface area contributed by atoms with Gasteiger partial charge in [-0.15, -0.1) is 0 Å². The average molecular weight is 459 g/mol. The van der Waals surface area contributed by atoms with E-state index in [2.05, 4.69) is 15.1 Å². The van der Waals surface area contributed by atoms with E-state index >= 15 is 0 Å². The molecule has 0 spiro atoms. The Hall–Kier alpha value is -3.08. The van der Waals surface area contributed by atoms with Gasteiger partial charge in [0.25, 0.3) is 11.5 Å². The van der Waals surface area contributed by atoms with Gasteiger partial charge in [-0.05, 0) is 43.7 Å². The van der Waals surface area contributed by atoms with Gasteiger partial charge in [0.05, 0.1) is 16.9 Å². The van der Waals surface area contributed by atoms with Crippen molar-refractivity contribution in [2.45, 2.75) is 37.8 Å². The molecule has 2 N–H and O–H groups in total. The number of aromatic nitrogens is 2. The van der Waals surface area contributed by atoms with Crippen LogP contribution < -0.4 is 15.6 Å². The largest absolute Gasteiger partial charge is 0.383 e. The first-order valence-corrected chi connectivity index (χ1v) is 11.7. The molecule has 1 atom stereocenters. The Morgan fingerprint density at radius 3 is 2.41 bits per heavy atom. The van der Waals surface area contributed by atoms with Crippen molar-refractivity contribution in [2.24, 2.45) is 0 Å². The second-order valence-electron chi connectivity index (χ2n) is 7.38. The molecule has 1 heterocycles. The lowest BCUT2D eigenvalue weighted by Gasteiger charge is -2.14. The van der Waals surface area contributed by atoms with Gasteiger partial charge in [-0.2, -0.15) is 5.10 Å². The van der Waals surface area contributed by atoms with Gasteiger partial charge in [0.2, 0.25) is 10.0 Å². The number of nitrogens with zero attached hydrogens (tertiary/aromatic N) is 2. The number of aryl methyl sites for hydroxylation is 1. The highest BCUT2D eigenvalue weighted by Gasteiger charge is 2.19. The highest BCUT2D eigenvalue weighted by molar-refractivity contribution is 7.89. The number of carbonyl (C=O) groups is 1. The van der Waals surface area contributed by atoms with E-state index in [-0.39, 0.29) is 28.8 Å². The first kappa shape index (κ1) is 23.6. The number of carbonyl (C=O) groups excluding carboxylic acids is 1. The number of rotatable bonds is 9. The molecule has 0 bridgehead atoms. The van der Waals surface area contributed by atoms with Gasteiger partial charge in [-0.3, -0.25) is 9.59 Å². The molecule has 1 aromatic heterocycles. The van der Waals surface area contributed by atoms with Crippen LogP contribution in [0.25, 0.3) is 10.8 Å². The lowest BCUT2D eigenvalue weighted by molar-refractivity contribution is 0.102. The maximum Gasteiger partial charge on any atom is 0.276 e. The van der Waals surface area contributed by atoms with Crippen LogP contribution in [0.1, 0.15) is 30.8 Å². The van der Waals surface area contributed by atoms with Crippen molar-refractivity contribution in [3.05, 3.63) is 64.6 Å². The SMILES string of the molecule is CCCn1nc(C(=O)Nc2ccc(S(=O)(=O)N[C@@H](C)COC)cc2)c2ccccc2c1=O. The fourth-order valence-electron chi connectivity index (χ4n) is 3.29. The summed E-state index contributed by atoms with van der Waals surface area (Å²) in [7, 11) is -2.22. The summed E-state index contributed by atoms with van der Waals surface area (Å²) in [4.78, 5) is 25.6. The highest BCUT2D eigenvalue weighted by Crippen LogP contribution is 2.18. The van der Waals surface area contributed by atoms with E-state index in [1.807, 2.05) is 6.92 Å². The molecule has 32 heavy (non-hydrogen) atoms. The Morgan fingerprint density at radius 1 is 1.12 bits per heavy atom. The Balaban J connectivity index is 1.86. The number of hydrogen-bond acceptors (Lipinski definition) is 6. The Kier molecular flexibility index (Phi) is 7.39. The standard InChI is InChI=1S/C22H26N4O5S/c1-4-13-26-22(28)19-8-6-5-7-18(19)20(24-26)21(27)23-16-9-11-17(12-10-16)32(29,30)25-15(2)14-31-3/h5-12,15,25H,4,13-14H2,1-3H3,(H,23,27)/t15-/m0/s1. The number of sulfonamides is 1. The quantitative estimate of drug-likeness (QED) is 0.508. The monoisotopic (exact) mass is 458 g/mol. The van der Waals surface area contributed by atoms with E-state index in [0.717, 1.165) is 0 Å². The number of fused-ring (bicyclic) bond motifs is 1. The molecule has 3 rings (SSSR count). The number of methoxy groups -OCH3 is 1. The van der Waals surface area contributed by atoms with Crippen LogP contribution >= 0.6 is 0 Å². The van der Waals surface area contributed by atoms with Crippen molar-refractivity contribution in [3.63, 3.8) is 0 Å². The van der Waals surface area contributed by atoms with Crippen LogP contribution in [-0.4, -0.2) is 43.9 Å². The van der Waals surface area contributed by atoms with Crippen LogP contribution in [0.15, 0.2) is 58.2 Å². The fourth-order valence-corrected chi connectivity index (χ4v) is 4.52. The minimum atomic E-state index is -3.72. The summed E-state index contributed by atoms with van der Waals surface area (Å²) in [6.45, 7) is 4.26. The third kappa shape index (κ3) is 5.21. The number of ether oxygens (including phenoxy) is 1. The molecule has 0 fully saturated rings. The first-order valence-electron chi connectivity index (χ1n) is 10.2. The molecule has 0 radical (unpaired) electrons. The third-order valence-electron chi connectivity index (χ3n) is 4.71. The summed E-state index contributed by atoms with van der Waals surface area (Å²) in [6.07, 6.45) is 0.694. The van der Waals surface area contributed by atoms with E-state index in [1.54, 1.807) is 31.2 Å². The van der Waals surface area contributed by atoms with E-state index < -0.39 is 15.9 Å². The topological polar surface area (TPSA) is 119 Å². The maximum atomic E-state index is 13.0. The minimum absolute atomic E-state index is 0.0681. The normalized spacial score (nSPS) is 12.6. The number of anilines is 1. The van der Waals surface area contributed by atoms with Gasteiger partial charge in [0.15, 0.2) is 5.69 Å². The molecular weight excluding hydrogens is 432 g/mol. The minimum Gasteiger partial charge on any atom is -0.383 e. The van der Waals surface area contributed by atoms with Crippen molar-refractivity contribution < 1.29 is 17.9 Å². The van der Waals surface area contributed by atoms with E-state index in [1.165, 1.54) is 36.1 Å². The van der Waals surface area contributed by atoms with Crippen molar-refractivity contribution in [1.82, 2.24) is 14.5 Å². The summed E-state index contributed by atoms with van der Waals surface area (Å²) in [5.74, 6) is -0.492. The lowest BCUT2D eigenvalue weighted by Crippen LogP contribution is -2.35. The zero-order valence-corrected chi connectivity index (χ0v) is 19.0. The molecule has 10 heteroatoms. The summed E-state index contributed by atoms with van der Waals surface area (Å²) in [5.41, 5.74) is 0.280. The van der Waals surface area contributed by atoms with E-state index in [0.29, 0.717) is 29.4 Å². The molecular formula is C22H26N4O5S. The van der Waals surface area contributed by atoms with Crippen molar-refractivity contribution >= 4 is 32.4 Å². The average Bonchev–Trinajstić information content (AvgIpc) is 2.76. The molecule has 170 valence electrons. The van der Waals surface area contributed by atoms with Crippen molar-refractivity contribution in [3.8, 4) is 0 Å². The molecule has 0 saturated carbocycles. The van der Waals surface area contributed by atoms with Crippen molar-refractivity contribution in [2.75, 3.05) is 19.0 Å². The predicted molar refractivity (Wildman–Crippen MR) is 122 cm³/mol. The maximum absolute atomic E-state index is 13.0. The molecule has 1 amide bonds. The molecule has 0 unspecified atom stereocenters. The number of amides is 1. The Morgan fingerprint density at radius 2 is 1.78 bits per heavy atom. The van der Waals surface area contributed by atoms with E-state index in [4.69, 9.17) is 4.74 Å². The van der Waals surface area contributed by atoms with Crippen LogP contribution in [0.2, 0.25) is 0 Å². The van der Waals surface area contributed by atoms with Crippen LogP contribution in [-0.2, 0) is 21.3 Å². The highest BCUT2D eigenvalue weighted by atomic mass is 32.2. The molecule has 0 aliphatic rings. The number of hydrogen-bond donors (Lipinski definition) is 2. The molecule has 0 aliphatic heterocycles. The summed E-state index contributed by atoms with van der Waals surface area (Å²) >= 11 is 0. The second-order valence-corrected chi connectivity index (χ2v) is 9.09. The van der Waals surface area contributed by atoms with Gasteiger partial charge >= 0.3 is 0 Å². The third-order valence-corrected chi connectivity index (χ3v) is 6.32. The van der Waals surface area contributed by atoms with Gasteiger partial charge < -0.3 is 10.1 Å². The predicted octanol–water partition coefficient (Wildman–Crippen LogP) is 2.37. The smallest absolute Gasteiger partial charge is 0.276 e. The zero-order chi connectivity index (χ0) is 23.3. The van der Waals surface area contributed by atoms with Crippen molar-refractivity contribution in [1.29, 1.82) is 0 Å². The Labute approximate surface area is 186 Å². The first-order chi connectivity index (χ1) is 15.3. The van der Waals surface area contributed by atoms with Gasteiger partial charge in [0.1, 0.15) is 0 Å². The van der Waals surface area contributed by atoms with Gasteiger partial charge in [-0.1, -0.05) is 25.1 Å². The fraction of sp³-hybridized carbons (Fsp3) is 0.318. The number of benzene rings is 2. The molecule has 3 aromatic rings.